The van der Waals surface area contributed by atoms with Crippen molar-refractivity contribution in [3.05, 3.63) is 0 Å². The van der Waals surface area contributed by atoms with Crippen LogP contribution in [0.15, 0.2) is 0 Å². The maximum Gasteiger partial charge on any atom is 0.309 e. The minimum Gasteiger partial charge on any atom is -0.481 e. The summed E-state index contributed by atoms with van der Waals surface area (Å²) >= 11 is 0. The molecular weight excluding hydrogens is 164 g/mol. The predicted octanol–water partition coefficient (Wildman–Crippen LogP) is 2.92. The largest absolute Gasteiger partial charge is 0.481 e. The lowest BCUT2D eigenvalue weighted by Crippen LogP contribution is -2.36. The van der Waals surface area contributed by atoms with Crippen LogP contribution < -0.4 is 0 Å². The van der Waals surface area contributed by atoms with Crippen LogP contribution in [0.2, 0.25) is 0 Å². The van der Waals surface area contributed by atoms with Gasteiger partial charge in [0.1, 0.15) is 0 Å². The van der Waals surface area contributed by atoms with Crippen LogP contribution in [0.1, 0.15) is 46.5 Å². The summed E-state index contributed by atoms with van der Waals surface area (Å²) in [6.07, 6.45) is 4.61. The van der Waals surface area contributed by atoms with Gasteiger partial charge in [-0.25, -0.2) is 0 Å². The van der Waals surface area contributed by atoms with Crippen molar-refractivity contribution in [2.45, 2.75) is 46.5 Å². The molecule has 1 N–H and O–H groups in total. The molecule has 0 spiro atoms. The summed E-state index contributed by atoms with van der Waals surface area (Å²) in [6, 6.07) is 0. The Labute approximate surface area is 80.3 Å². The Kier molecular flexibility index (Phi) is 2.99. The molecule has 0 aromatic carbocycles. The van der Waals surface area contributed by atoms with Crippen molar-refractivity contribution in [1.29, 1.82) is 0 Å². The third-order valence-corrected chi connectivity index (χ3v) is 3.70. The Morgan fingerprint density at radius 3 is 2.31 bits per heavy atom. The average molecular weight is 184 g/mol. The Bertz CT molecular complexity index is 194. The summed E-state index contributed by atoms with van der Waals surface area (Å²) in [7, 11) is 0. The number of carboxylic acid groups (broad SMARTS) is 1. The SMILES string of the molecule is CC(C)C(C)(CC1CCC1)C(=O)O. The van der Waals surface area contributed by atoms with Crippen molar-refractivity contribution in [1.82, 2.24) is 0 Å². The molecule has 0 bridgehead atoms. The first-order valence-corrected chi connectivity index (χ1v) is 5.20. The monoisotopic (exact) mass is 184 g/mol. The van der Waals surface area contributed by atoms with Gasteiger partial charge >= 0.3 is 5.97 Å². The molecule has 0 aliphatic heterocycles. The standard InChI is InChI=1S/C11H20O2/c1-8(2)11(3,10(12)13)7-9-5-4-6-9/h8-9H,4-7H2,1-3H3,(H,12,13). The summed E-state index contributed by atoms with van der Waals surface area (Å²) in [5, 5.41) is 9.17. The summed E-state index contributed by atoms with van der Waals surface area (Å²) in [6.45, 7) is 5.90. The fourth-order valence-electron chi connectivity index (χ4n) is 1.87. The molecule has 1 aliphatic carbocycles. The number of carboxylic acids is 1. The van der Waals surface area contributed by atoms with Crippen LogP contribution >= 0.6 is 0 Å². The van der Waals surface area contributed by atoms with Gasteiger partial charge in [0, 0.05) is 0 Å². The van der Waals surface area contributed by atoms with E-state index in [1.807, 2.05) is 20.8 Å². The van der Waals surface area contributed by atoms with E-state index in [-0.39, 0.29) is 5.92 Å². The molecule has 1 aliphatic rings. The zero-order chi connectivity index (χ0) is 10.1. The molecule has 1 rings (SSSR count). The Hall–Kier alpha value is -0.530. The lowest BCUT2D eigenvalue weighted by molar-refractivity contribution is -0.152. The Morgan fingerprint density at radius 1 is 1.54 bits per heavy atom. The highest BCUT2D eigenvalue weighted by atomic mass is 16.4. The second kappa shape index (κ2) is 3.69. The van der Waals surface area contributed by atoms with Crippen molar-refractivity contribution in [2.24, 2.45) is 17.3 Å². The van der Waals surface area contributed by atoms with Crippen LogP contribution in [-0.4, -0.2) is 11.1 Å². The fraction of sp³-hybridized carbons (Fsp3) is 0.909. The number of hydrogen-bond acceptors (Lipinski definition) is 1. The third-order valence-electron chi connectivity index (χ3n) is 3.70. The van der Waals surface area contributed by atoms with Crippen molar-refractivity contribution >= 4 is 5.97 Å². The molecule has 0 heterocycles. The highest BCUT2D eigenvalue weighted by Crippen LogP contribution is 2.41. The fourth-order valence-corrected chi connectivity index (χ4v) is 1.87. The molecule has 1 unspecified atom stereocenters. The summed E-state index contributed by atoms with van der Waals surface area (Å²) < 4.78 is 0. The van der Waals surface area contributed by atoms with Gasteiger partial charge in [-0.15, -0.1) is 0 Å². The van der Waals surface area contributed by atoms with E-state index < -0.39 is 11.4 Å². The second-order valence-corrected chi connectivity index (χ2v) is 4.88. The van der Waals surface area contributed by atoms with Gasteiger partial charge in [-0.3, -0.25) is 4.79 Å². The molecule has 2 heteroatoms. The maximum atomic E-state index is 11.1. The van der Waals surface area contributed by atoms with Crippen LogP contribution in [0.5, 0.6) is 0 Å². The van der Waals surface area contributed by atoms with E-state index in [0.29, 0.717) is 5.92 Å². The minimum absolute atomic E-state index is 0.227. The second-order valence-electron chi connectivity index (χ2n) is 4.88. The molecule has 13 heavy (non-hydrogen) atoms. The maximum absolute atomic E-state index is 11.1. The summed E-state index contributed by atoms with van der Waals surface area (Å²) in [5.41, 5.74) is -0.509. The smallest absolute Gasteiger partial charge is 0.309 e. The van der Waals surface area contributed by atoms with Crippen LogP contribution in [0, 0.1) is 17.3 Å². The normalized spacial score (nSPS) is 22.5. The number of hydrogen-bond donors (Lipinski definition) is 1. The van der Waals surface area contributed by atoms with Gasteiger partial charge in [0.2, 0.25) is 0 Å². The Morgan fingerprint density at radius 2 is 2.08 bits per heavy atom. The van der Waals surface area contributed by atoms with Crippen molar-refractivity contribution < 1.29 is 9.90 Å². The summed E-state index contributed by atoms with van der Waals surface area (Å²) in [4.78, 5) is 11.1. The topological polar surface area (TPSA) is 37.3 Å². The lowest BCUT2D eigenvalue weighted by atomic mass is 9.68. The average Bonchev–Trinajstić information content (AvgIpc) is 1.95. The quantitative estimate of drug-likeness (QED) is 0.729. The molecule has 0 aromatic heterocycles. The number of aliphatic carboxylic acids is 1. The van der Waals surface area contributed by atoms with Gasteiger partial charge in [-0.2, -0.15) is 0 Å². The Balaban J connectivity index is 2.60. The van der Waals surface area contributed by atoms with Crippen LogP contribution in [0.4, 0.5) is 0 Å². The van der Waals surface area contributed by atoms with Crippen LogP contribution in [0.25, 0.3) is 0 Å². The van der Waals surface area contributed by atoms with Gasteiger partial charge in [-0.1, -0.05) is 33.1 Å². The van der Waals surface area contributed by atoms with Gasteiger partial charge in [-0.05, 0) is 25.2 Å². The van der Waals surface area contributed by atoms with E-state index in [1.54, 1.807) is 0 Å². The molecule has 1 atom stereocenters. The molecule has 0 saturated heterocycles. The molecule has 76 valence electrons. The third kappa shape index (κ3) is 2.04. The molecule has 2 nitrogen and oxygen atoms in total. The van der Waals surface area contributed by atoms with Crippen LogP contribution in [0.3, 0.4) is 0 Å². The van der Waals surface area contributed by atoms with Gasteiger partial charge in [0.25, 0.3) is 0 Å². The van der Waals surface area contributed by atoms with Gasteiger partial charge in [0.15, 0.2) is 0 Å². The number of carbonyl (C=O) groups is 1. The molecule has 0 aromatic rings. The van der Waals surface area contributed by atoms with E-state index in [0.717, 1.165) is 6.42 Å². The predicted molar refractivity (Wildman–Crippen MR) is 52.5 cm³/mol. The van der Waals surface area contributed by atoms with Crippen molar-refractivity contribution in [3.8, 4) is 0 Å². The first-order valence-electron chi connectivity index (χ1n) is 5.20. The lowest BCUT2D eigenvalue weighted by Gasteiger charge is -2.36. The first kappa shape index (κ1) is 10.6. The van der Waals surface area contributed by atoms with E-state index >= 15 is 0 Å². The van der Waals surface area contributed by atoms with E-state index in [9.17, 15) is 9.90 Å². The van der Waals surface area contributed by atoms with E-state index in [2.05, 4.69) is 0 Å². The minimum atomic E-state index is -0.630. The first-order chi connectivity index (χ1) is 5.97. The summed E-state index contributed by atoms with van der Waals surface area (Å²) in [5.74, 6) is 0.267. The number of rotatable bonds is 4. The van der Waals surface area contributed by atoms with Gasteiger partial charge < -0.3 is 5.11 Å². The van der Waals surface area contributed by atoms with Gasteiger partial charge in [0.05, 0.1) is 5.41 Å². The van der Waals surface area contributed by atoms with Crippen molar-refractivity contribution in [3.63, 3.8) is 0 Å². The van der Waals surface area contributed by atoms with Crippen molar-refractivity contribution in [2.75, 3.05) is 0 Å². The van der Waals surface area contributed by atoms with Crippen LogP contribution in [-0.2, 0) is 4.79 Å². The highest BCUT2D eigenvalue weighted by molar-refractivity contribution is 5.74. The molecular formula is C11H20O2. The highest BCUT2D eigenvalue weighted by Gasteiger charge is 2.39. The zero-order valence-corrected chi connectivity index (χ0v) is 8.84. The molecule has 1 fully saturated rings. The molecule has 0 amide bonds. The van der Waals surface area contributed by atoms with E-state index in [4.69, 9.17) is 0 Å². The molecule has 1 saturated carbocycles. The zero-order valence-electron chi connectivity index (χ0n) is 8.84. The van der Waals surface area contributed by atoms with E-state index in [1.165, 1.54) is 19.3 Å². The molecule has 0 radical (unpaired) electrons.